The highest BCUT2D eigenvalue weighted by Gasteiger charge is 2.50. The number of sulfonamides is 1. The zero-order valence-corrected chi connectivity index (χ0v) is 17.3. The summed E-state index contributed by atoms with van der Waals surface area (Å²) in [4.78, 5) is 29.2. The van der Waals surface area contributed by atoms with Crippen molar-refractivity contribution in [2.75, 3.05) is 6.61 Å². The molecule has 10 heteroatoms. The van der Waals surface area contributed by atoms with Crippen LogP contribution in [0.25, 0.3) is 0 Å². The first-order valence-corrected chi connectivity index (χ1v) is 11.2. The number of hydrazone groups is 1. The molecule has 5 rings (SSSR count). The summed E-state index contributed by atoms with van der Waals surface area (Å²) < 4.78 is 36.5. The van der Waals surface area contributed by atoms with Gasteiger partial charge in [-0.15, -0.1) is 0 Å². The van der Waals surface area contributed by atoms with E-state index in [-0.39, 0.29) is 23.6 Å². The molecule has 0 radical (unpaired) electrons. The lowest BCUT2D eigenvalue weighted by Gasteiger charge is -2.33. The Labute approximate surface area is 178 Å². The third kappa shape index (κ3) is 3.32. The number of rotatable bonds is 4. The number of hydrogen-bond acceptors (Lipinski definition) is 7. The van der Waals surface area contributed by atoms with Crippen LogP contribution in [0.1, 0.15) is 32.7 Å². The Balaban J connectivity index is 1.40. The third-order valence-corrected chi connectivity index (χ3v) is 6.85. The third-order valence-electron chi connectivity index (χ3n) is 5.63. The van der Waals surface area contributed by atoms with E-state index in [1.165, 1.54) is 17.0 Å². The van der Waals surface area contributed by atoms with E-state index in [0.29, 0.717) is 11.1 Å². The Hall–Kier alpha value is -3.08. The van der Waals surface area contributed by atoms with E-state index >= 15 is 0 Å². The number of hydrogen-bond donors (Lipinski definition) is 1. The molecule has 31 heavy (non-hydrogen) atoms. The standard InChI is InChI=1S/C21H19N3O6S/c1-12-6-8-13(9-7-12)31(27,28)23-22-16-10-17(18-11-29-21(16)30-18)24-19(25)14-4-2-3-5-15(14)20(24)26/h2-9,17-18,21,23H,10-11H2,1H3/b22-16-. The summed E-state index contributed by atoms with van der Waals surface area (Å²) in [6.07, 6.45) is -1.17. The molecule has 3 atom stereocenters. The highest BCUT2D eigenvalue weighted by Crippen LogP contribution is 2.34. The Morgan fingerprint density at radius 1 is 1.03 bits per heavy atom. The topological polar surface area (TPSA) is 114 Å². The summed E-state index contributed by atoms with van der Waals surface area (Å²) in [5.41, 5.74) is 1.88. The van der Waals surface area contributed by atoms with Crippen LogP contribution in [0, 0.1) is 6.92 Å². The smallest absolute Gasteiger partial charge is 0.276 e. The molecule has 2 fully saturated rings. The molecule has 160 valence electrons. The SMILES string of the molecule is Cc1ccc(S(=O)(=O)N/N=C2/CC(N3C(=O)c4ccccc4C3=O)C3COC2O3)cc1. The lowest BCUT2D eigenvalue weighted by molar-refractivity contribution is -0.0376. The molecule has 0 saturated carbocycles. The van der Waals surface area contributed by atoms with Gasteiger partial charge in [0.05, 0.1) is 34.4 Å². The number of nitrogens with zero attached hydrogens (tertiary/aromatic N) is 2. The van der Waals surface area contributed by atoms with Gasteiger partial charge in [0.1, 0.15) is 6.10 Å². The van der Waals surface area contributed by atoms with Crippen LogP contribution >= 0.6 is 0 Å². The predicted octanol–water partition coefficient (Wildman–Crippen LogP) is 1.44. The Morgan fingerprint density at radius 3 is 2.32 bits per heavy atom. The zero-order chi connectivity index (χ0) is 21.8. The Bertz CT molecular complexity index is 1170. The van der Waals surface area contributed by atoms with Crippen LogP contribution in [0.5, 0.6) is 0 Å². The number of amides is 2. The maximum atomic E-state index is 12.9. The van der Waals surface area contributed by atoms with E-state index in [4.69, 9.17) is 9.47 Å². The lowest BCUT2D eigenvalue weighted by Crippen LogP contribution is -2.52. The normalized spacial score (nSPS) is 26.4. The van der Waals surface area contributed by atoms with E-state index in [1.807, 2.05) is 6.92 Å². The second-order valence-electron chi connectivity index (χ2n) is 7.65. The molecule has 2 aromatic carbocycles. The molecule has 1 N–H and O–H groups in total. The summed E-state index contributed by atoms with van der Waals surface area (Å²) in [5.74, 6) is -0.807. The first kappa shape index (κ1) is 19.9. The summed E-state index contributed by atoms with van der Waals surface area (Å²) in [6.45, 7) is 2.03. The summed E-state index contributed by atoms with van der Waals surface area (Å²) in [6, 6.07) is 12.3. The number of carbonyl (C=O) groups is 2. The second kappa shape index (κ2) is 7.26. The molecule has 3 unspecified atom stereocenters. The molecule has 3 aliphatic heterocycles. The minimum atomic E-state index is -3.89. The van der Waals surface area contributed by atoms with Gasteiger partial charge in [-0.25, -0.2) is 0 Å². The minimum Gasteiger partial charge on any atom is -0.344 e. The number of benzene rings is 2. The predicted molar refractivity (Wildman–Crippen MR) is 109 cm³/mol. The average Bonchev–Trinajstić information content (AvgIpc) is 3.29. The van der Waals surface area contributed by atoms with Crippen LogP contribution in [0.4, 0.5) is 0 Å². The summed E-state index contributed by atoms with van der Waals surface area (Å²) in [5, 5.41) is 4.03. The van der Waals surface area contributed by atoms with E-state index in [9.17, 15) is 18.0 Å². The Kier molecular flexibility index (Phi) is 4.65. The van der Waals surface area contributed by atoms with Crippen molar-refractivity contribution >= 4 is 27.5 Å². The largest absolute Gasteiger partial charge is 0.344 e. The molecule has 3 aliphatic rings. The van der Waals surface area contributed by atoms with E-state index < -0.39 is 40.3 Å². The fraction of sp³-hybridized carbons (Fsp3) is 0.286. The van der Waals surface area contributed by atoms with Crippen molar-refractivity contribution in [3.8, 4) is 0 Å². The van der Waals surface area contributed by atoms with Crippen molar-refractivity contribution in [3.05, 3.63) is 65.2 Å². The Morgan fingerprint density at radius 2 is 1.68 bits per heavy atom. The molecular formula is C21H19N3O6S. The zero-order valence-electron chi connectivity index (χ0n) is 16.5. The fourth-order valence-corrected chi connectivity index (χ4v) is 4.83. The lowest BCUT2D eigenvalue weighted by atomic mass is 10.0. The molecule has 0 aromatic heterocycles. The van der Waals surface area contributed by atoms with Gasteiger partial charge in [-0.3, -0.25) is 14.5 Å². The van der Waals surface area contributed by atoms with Crippen LogP contribution in [0.15, 0.2) is 58.5 Å². The van der Waals surface area contributed by atoms with Gasteiger partial charge in [0.15, 0.2) is 6.29 Å². The number of fused-ring (bicyclic) bond motifs is 3. The molecule has 2 saturated heterocycles. The van der Waals surface area contributed by atoms with Crippen molar-refractivity contribution in [3.63, 3.8) is 0 Å². The van der Waals surface area contributed by atoms with Crippen LogP contribution < -0.4 is 4.83 Å². The molecule has 2 bridgehead atoms. The van der Waals surface area contributed by atoms with Gasteiger partial charge in [-0.2, -0.15) is 18.4 Å². The fourth-order valence-electron chi connectivity index (χ4n) is 3.99. The highest BCUT2D eigenvalue weighted by molar-refractivity contribution is 7.89. The molecule has 3 heterocycles. The number of aryl methyl sites for hydroxylation is 1. The van der Waals surface area contributed by atoms with Crippen molar-refractivity contribution < 1.29 is 27.5 Å². The second-order valence-corrected chi connectivity index (χ2v) is 9.31. The maximum Gasteiger partial charge on any atom is 0.276 e. The van der Waals surface area contributed by atoms with Crippen LogP contribution in [-0.4, -0.2) is 55.9 Å². The quantitative estimate of drug-likeness (QED) is 0.567. The van der Waals surface area contributed by atoms with Crippen LogP contribution in [0.2, 0.25) is 0 Å². The van der Waals surface area contributed by atoms with Crippen molar-refractivity contribution in [2.45, 2.75) is 36.7 Å². The molecule has 9 nitrogen and oxygen atoms in total. The number of ether oxygens (including phenoxy) is 2. The van der Waals surface area contributed by atoms with Gasteiger partial charge in [0.2, 0.25) is 0 Å². The van der Waals surface area contributed by atoms with Gasteiger partial charge in [0, 0.05) is 6.42 Å². The molecule has 0 spiro atoms. The number of nitrogens with one attached hydrogen (secondary N) is 1. The van der Waals surface area contributed by atoms with Crippen molar-refractivity contribution in [1.29, 1.82) is 0 Å². The first-order valence-electron chi connectivity index (χ1n) is 9.74. The minimum absolute atomic E-state index is 0.0706. The molecule has 0 aliphatic carbocycles. The monoisotopic (exact) mass is 441 g/mol. The molecular weight excluding hydrogens is 422 g/mol. The average molecular weight is 441 g/mol. The van der Waals surface area contributed by atoms with Gasteiger partial charge in [-0.1, -0.05) is 29.8 Å². The number of imide groups is 1. The van der Waals surface area contributed by atoms with Gasteiger partial charge >= 0.3 is 0 Å². The van der Waals surface area contributed by atoms with E-state index in [1.54, 1.807) is 36.4 Å². The van der Waals surface area contributed by atoms with Crippen molar-refractivity contribution in [1.82, 2.24) is 9.73 Å². The van der Waals surface area contributed by atoms with Gasteiger partial charge in [-0.05, 0) is 31.2 Å². The molecule has 2 aromatic rings. The summed E-state index contributed by atoms with van der Waals surface area (Å²) in [7, 11) is -3.89. The van der Waals surface area contributed by atoms with Crippen LogP contribution in [-0.2, 0) is 19.5 Å². The highest BCUT2D eigenvalue weighted by atomic mass is 32.2. The first-order chi connectivity index (χ1) is 14.8. The van der Waals surface area contributed by atoms with Gasteiger partial charge in [0.25, 0.3) is 21.8 Å². The van der Waals surface area contributed by atoms with E-state index in [2.05, 4.69) is 9.93 Å². The maximum absolute atomic E-state index is 12.9. The van der Waals surface area contributed by atoms with Crippen molar-refractivity contribution in [2.24, 2.45) is 5.10 Å². The molecule has 2 amide bonds. The van der Waals surface area contributed by atoms with E-state index in [0.717, 1.165) is 5.56 Å². The summed E-state index contributed by atoms with van der Waals surface area (Å²) >= 11 is 0. The van der Waals surface area contributed by atoms with Gasteiger partial charge < -0.3 is 9.47 Å². The number of carbonyl (C=O) groups excluding carboxylic acids is 2. The van der Waals surface area contributed by atoms with Crippen LogP contribution in [0.3, 0.4) is 0 Å².